The van der Waals surface area contributed by atoms with Crippen molar-refractivity contribution in [3.05, 3.63) is 40.4 Å². The lowest BCUT2D eigenvalue weighted by molar-refractivity contribution is 0.107. The summed E-state index contributed by atoms with van der Waals surface area (Å²) in [5, 5.41) is 21.0. The summed E-state index contributed by atoms with van der Waals surface area (Å²) in [6.45, 7) is 1.22. The minimum atomic E-state index is -1.44. The average Bonchev–Trinajstić information content (AvgIpc) is 3.58. The van der Waals surface area contributed by atoms with Gasteiger partial charge in [-0.05, 0) is 37.1 Å². The van der Waals surface area contributed by atoms with E-state index in [0.29, 0.717) is 24.3 Å². The number of nitrogens with zero attached hydrogens (tertiary/aromatic N) is 4. The van der Waals surface area contributed by atoms with Crippen molar-refractivity contribution in [2.24, 2.45) is 0 Å². The van der Waals surface area contributed by atoms with E-state index in [9.17, 15) is 23.9 Å². The number of nitrogens with one attached hydrogen (secondary N) is 1. The molecule has 2 N–H and O–H groups in total. The first-order valence-electron chi connectivity index (χ1n) is 12.6. The number of alkyl halides is 1. The van der Waals surface area contributed by atoms with E-state index in [-0.39, 0.29) is 66.2 Å². The Bertz CT molecular complexity index is 1780. The third kappa shape index (κ3) is 4.46. The van der Waals surface area contributed by atoms with Gasteiger partial charge in [0.1, 0.15) is 35.2 Å². The number of fused-ring (bicyclic) bond motifs is 3. The Morgan fingerprint density at radius 1 is 1.39 bits per heavy atom. The van der Waals surface area contributed by atoms with E-state index in [4.69, 9.17) is 21.1 Å². The number of carboxylic acid groups (broad SMARTS) is 1. The third-order valence-electron chi connectivity index (χ3n) is 7.64. The van der Waals surface area contributed by atoms with Gasteiger partial charge in [-0.2, -0.15) is 15.2 Å². The molecule has 0 unspecified atom stereocenters. The monoisotopic (exact) mass is 603 g/mol. The van der Waals surface area contributed by atoms with Crippen molar-refractivity contribution < 1.29 is 32.5 Å². The summed E-state index contributed by atoms with van der Waals surface area (Å²) in [5.41, 5.74) is -0.967. The lowest BCUT2D eigenvalue weighted by atomic mass is 9.95. The van der Waals surface area contributed by atoms with Crippen molar-refractivity contribution in [2.45, 2.75) is 31.0 Å². The second-order valence-electron chi connectivity index (χ2n) is 9.97. The Kier molecular flexibility index (Phi) is 6.80. The quantitative estimate of drug-likeness (QED) is 0.261. The van der Waals surface area contributed by atoms with Crippen LogP contribution < -0.4 is 14.8 Å². The molecule has 2 aromatic carbocycles. The molecule has 1 amide bonds. The second kappa shape index (κ2) is 10.2. The lowest BCUT2D eigenvalue weighted by Gasteiger charge is -2.30. The summed E-state index contributed by atoms with van der Waals surface area (Å²) < 4.78 is 56.6. The highest BCUT2D eigenvalue weighted by Gasteiger charge is 2.49. The second-order valence-corrected chi connectivity index (χ2v) is 11.4. The fourth-order valence-electron chi connectivity index (χ4n) is 5.94. The number of anilines is 1. The molecule has 0 aliphatic carbocycles. The van der Waals surface area contributed by atoms with Gasteiger partial charge in [0.15, 0.2) is 5.82 Å². The lowest BCUT2D eigenvalue weighted by Crippen LogP contribution is -2.43. The van der Waals surface area contributed by atoms with Gasteiger partial charge in [0, 0.05) is 23.9 Å². The van der Waals surface area contributed by atoms with E-state index >= 15 is 4.39 Å². The maximum atomic E-state index is 16.4. The molecule has 2 aliphatic rings. The van der Waals surface area contributed by atoms with Gasteiger partial charge < -0.3 is 14.6 Å². The number of hydrogen-bond donors (Lipinski definition) is 2. The molecule has 2 fully saturated rings. The largest absolute Gasteiger partial charge is 0.480 e. The molecule has 6 rings (SSSR count). The van der Waals surface area contributed by atoms with Crippen LogP contribution in [0.1, 0.15) is 24.8 Å². The standard InChI is InChI=1S/C27H21ClF3N5O4S/c1-39-23-14-7-16(28)19(13-3-4-17(30)22-18(13)15(9-32)24(41-22)35-26(37)38)20(31)21(14)33-25(34-23)40-11-27-5-2-6-36(27)10-12(29)8-27/h3-4,7,12,35H,2,5-6,8,10-11H2,1H3,(H,37,38)/t12-,27+/m1/s1. The fraction of sp³-hybridized carbons (Fsp3) is 0.333. The number of methoxy groups -OCH3 is 1. The van der Waals surface area contributed by atoms with Crippen molar-refractivity contribution >= 4 is 55.0 Å². The summed E-state index contributed by atoms with van der Waals surface area (Å²) in [7, 11) is 1.35. The highest BCUT2D eigenvalue weighted by atomic mass is 35.5. The van der Waals surface area contributed by atoms with E-state index < -0.39 is 29.4 Å². The molecule has 9 nitrogen and oxygen atoms in total. The van der Waals surface area contributed by atoms with Gasteiger partial charge in [0.2, 0.25) is 5.88 Å². The zero-order chi connectivity index (χ0) is 29.1. The summed E-state index contributed by atoms with van der Waals surface area (Å²) in [6.07, 6.45) is -0.402. The van der Waals surface area contributed by atoms with Crippen LogP contribution in [0.2, 0.25) is 5.02 Å². The van der Waals surface area contributed by atoms with Crippen LogP contribution in [0.15, 0.2) is 18.2 Å². The molecule has 0 spiro atoms. The number of nitriles is 1. The normalized spacial score (nSPS) is 20.3. The summed E-state index contributed by atoms with van der Waals surface area (Å²) in [4.78, 5) is 21.9. The summed E-state index contributed by atoms with van der Waals surface area (Å²) in [6, 6.07) is 5.46. The Morgan fingerprint density at radius 3 is 2.93 bits per heavy atom. The number of benzene rings is 2. The van der Waals surface area contributed by atoms with E-state index in [2.05, 4.69) is 20.2 Å². The first kappa shape index (κ1) is 27.3. The van der Waals surface area contributed by atoms with Crippen molar-refractivity contribution in [1.82, 2.24) is 14.9 Å². The summed E-state index contributed by atoms with van der Waals surface area (Å²) >= 11 is 7.26. The molecule has 212 valence electrons. The molecule has 2 aliphatic heterocycles. The minimum absolute atomic E-state index is 0.00123. The van der Waals surface area contributed by atoms with Gasteiger partial charge in [0.05, 0.1) is 33.3 Å². The average molecular weight is 604 g/mol. The van der Waals surface area contributed by atoms with E-state index in [1.165, 1.54) is 19.2 Å². The summed E-state index contributed by atoms with van der Waals surface area (Å²) in [5.74, 6) is -1.62. The molecule has 41 heavy (non-hydrogen) atoms. The van der Waals surface area contributed by atoms with Crippen LogP contribution in [0, 0.1) is 23.0 Å². The number of rotatable bonds is 6. The Balaban J connectivity index is 1.49. The van der Waals surface area contributed by atoms with Crippen LogP contribution in [0.5, 0.6) is 11.9 Å². The smallest absolute Gasteiger partial charge is 0.409 e. The SMILES string of the molecule is COc1nc(OC[C@@]23CCCN2C[C@H](F)C3)nc2c(F)c(-c3ccc(F)c4sc(NC(=O)O)c(C#N)c34)c(Cl)cc12. The van der Waals surface area contributed by atoms with E-state index in [1.807, 2.05) is 6.07 Å². The Hall–Kier alpha value is -3.86. The molecule has 4 heterocycles. The number of ether oxygens (including phenoxy) is 2. The van der Waals surface area contributed by atoms with Crippen LogP contribution in [0.3, 0.4) is 0 Å². The zero-order valence-electron chi connectivity index (χ0n) is 21.4. The van der Waals surface area contributed by atoms with Gasteiger partial charge in [-0.15, -0.1) is 11.3 Å². The van der Waals surface area contributed by atoms with Crippen molar-refractivity contribution in [3.63, 3.8) is 0 Å². The first-order valence-corrected chi connectivity index (χ1v) is 13.8. The zero-order valence-corrected chi connectivity index (χ0v) is 23.0. The number of thiophene rings is 1. The topological polar surface area (TPSA) is 121 Å². The minimum Gasteiger partial charge on any atom is -0.480 e. The van der Waals surface area contributed by atoms with Crippen molar-refractivity contribution in [3.8, 4) is 29.1 Å². The van der Waals surface area contributed by atoms with Crippen LogP contribution in [0.4, 0.5) is 23.0 Å². The Labute approximate surface area is 240 Å². The maximum absolute atomic E-state index is 16.4. The highest BCUT2D eigenvalue weighted by Crippen LogP contribution is 2.46. The van der Waals surface area contributed by atoms with Crippen LogP contribution in [-0.2, 0) is 0 Å². The predicted octanol–water partition coefficient (Wildman–Crippen LogP) is 6.37. The number of hydrogen-bond acceptors (Lipinski definition) is 8. The molecule has 14 heteroatoms. The number of aromatic nitrogens is 2. The predicted molar refractivity (Wildman–Crippen MR) is 147 cm³/mol. The van der Waals surface area contributed by atoms with Crippen LogP contribution >= 0.6 is 22.9 Å². The van der Waals surface area contributed by atoms with E-state index in [0.717, 1.165) is 25.5 Å². The van der Waals surface area contributed by atoms with Crippen LogP contribution in [0.25, 0.3) is 32.1 Å². The van der Waals surface area contributed by atoms with Gasteiger partial charge in [-0.25, -0.2) is 18.0 Å². The van der Waals surface area contributed by atoms with Gasteiger partial charge in [-0.1, -0.05) is 17.7 Å². The number of amides is 1. The van der Waals surface area contributed by atoms with Crippen molar-refractivity contribution in [2.75, 3.05) is 32.1 Å². The van der Waals surface area contributed by atoms with Gasteiger partial charge >= 0.3 is 12.1 Å². The molecule has 0 bridgehead atoms. The van der Waals surface area contributed by atoms with Crippen LogP contribution in [-0.4, -0.2) is 64.6 Å². The van der Waals surface area contributed by atoms with Crippen molar-refractivity contribution in [1.29, 1.82) is 5.26 Å². The molecule has 2 atom stereocenters. The third-order valence-corrected chi connectivity index (χ3v) is 9.06. The fourth-order valence-corrected chi connectivity index (χ4v) is 7.30. The molecule has 0 radical (unpaired) electrons. The highest BCUT2D eigenvalue weighted by molar-refractivity contribution is 7.23. The van der Waals surface area contributed by atoms with E-state index in [1.54, 1.807) is 0 Å². The maximum Gasteiger partial charge on any atom is 0.409 e. The molecular weight excluding hydrogens is 583 g/mol. The molecule has 2 aromatic heterocycles. The number of halogens is 4. The van der Waals surface area contributed by atoms with Gasteiger partial charge in [-0.3, -0.25) is 10.2 Å². The first-order chi connectivity index (χ1) is 19.7. The molecular formula is C27H21ClF3N5O4S. The number of carbonyl (C=O) groups is 1. The Morgan fingerprint density at radius 2 is 2.20 bits per heavy atom. The molecule has 2 saturated heterocycles. The van der Waals surface area contributed by atoms with Gasteiger partial charge in [0.25, 0.3) is 0 Å². The molecule has 4 aromatic rings. The molecule has 0 saturated carbocycles.